The van der Waals surface area contributed by atoms with Gasteiger partial charge in [0.2, 0.25) is 11.8 Å². The van der Waals surface area contributed by atoms with Crippen LogP contribution in [0.2, 0.25) is 0 Å². The van der Waals surface area contributed by atoms with Crippen molar-refractivity contribution in [1.29, 1.82) is 0 Å². The molecule has 0 aromatic heterocycles. The van der Waals surface area contributed by atoms with Gasteiger partial charge in [-0.2, -0.15) is 0 Å². The van der Waals surface area contributed by atoms with Crippen molar-refractivity contribution in [2.24, 2.45) is 5.92 Å². The van der Waals surface area contributed by atoms with Crippen LogP contribution in [0.15, 0.2) is 18.2 Å². The lowest BCUT2D eigenvalue weighted by Gasteiger charge is -2.25. The largest absolute Gasteiger partial charge is 0.377 e. The highest BCUT2D eigenvalue weighted by molar-refractivity contribution is 5.92. The molecular weight excluding hydrogens is 290 g/mol. The summed E-state index contributed by atoms with van der Waals surface area (Å²) in [5, 5.41) is 2.93. The standard InChI is InChI=1S/C18H27N3O2/c1-12(2)18(23)19-15-6-9-17(20(4)5)14(10-15)11-21(13(3)22)16-7-8-16/h6,9-10,12,16H,7-8,11H2,1-5H3,(H,19,23). The average Bonchev–Trinajstić information content (AvgIpc) is 3.28. The third kappa shape index (κ3) is 4.47. The molecule has 0 saturated heterocycles. The van der Waals surface area contributed by atoms with Crippen molar-refractivity contribution in [2.45, 2.75) is 46.2 Å². The number of carbonyl (C=O) groups is 2. The molecule has 1 fully saturated rings. The molecule has 1 saturated carbocycles. The summed E-state index contributed by atoms with van der Waals surface area (Å²) >= 11 is 0. The van der Waals surface area contributed by atoms with Gasteiger partial charge in [-0.25, -0.2) is 0 Å². The maximum absolute atomic E-state index is 11.9. The molecule has 0 radical (unpaired) electrons. The van der Waals surface area contributed by atoms with Crippen LogP contribution in [0.1, 0.15) is 39.2 Å². The lowest BCUT2D eigenvalue weighted by molar-refractivity contribution is -0.130. The van der Waals surface area contributed by atoms with Gasteiger partial charge in [0.1, 0.15) is 0 Å². The first-order valence-corrected chi connectivity index (χ1v) is 8.18. The number of hydrogen-bond acceptors (Lipinski definition) is 3. The zero-order valence-corrected chi connectivity index (χ0v) is 14.7. The fourth-order valence-corrected chi connectivity index (χ4v) is 2.58. The number of amides is 2. The average molecular weight is 317 g/mol. The third-order valence-electron chi connectivity index (χ3n) is 4.09. The predicted molar refractivity (Wildman–Crippen MR) is 93.5 cm³/mol. The van der Waals surface area contributed by atoms with Crippen LogP contribution in [0.25, 0.3) is 0 Å². The lowest BCUT2D eigenvalue weighted by Crippen LogP contribution is -2.31. The number of benzene rings is 1. The van der Waals surface area contributed by atoms with Crippen LogP contribution in [-0.2, 0) is 16.1 Å². The highest BCUT2D eigenvalue weighted by atomic mass is 16.2. The normalized spacial score (nSPS) is 13.8. The maximum Gasteiger partial charge on any atom is 0.226 e. The molecule has 126 valence electrons. The monoisotopic (exact) mass is 317 g/mol. The van der Waals surface area contributed by atoms with Crippen molar-refractivity contribution in [3.05, 3.63) is 23.8 Å². The van der Waals surface area contributed by atoms with E-state index in [2.05, 4.69) is 5.32 Å². The summed E-state index contributed by atoms with van der Waals surface area (Å²) < 4.78 is 0. The van der Waals surface area contributed by atoms with Gasteiger partial charge in [0.15, 0.2) is 0 Å². The molecule has 2 amide bonds. The Hall–Kier alpha value is -2.04. The SMILES string of the molecule is CC(=O)N(Cc1cc(NC(=O)C(C)C)ccc1N(C)C)C1CC1. The molecule has 23 heavy (non-hydrogen) atoms. The fourth-order valence-electron chi connectivity index (χ4n) is 2.58. The van der Waals surface area contributed by atoms with Crippen LogP contribution in [-0.4, -0.2) is 36.9 Å². The van der Waals surface area contributed by atoms with E-state index in [1.807, 2.05) is 55.9 Å². The van der Waals surface area contributed by atoms with Crippen molar-refractivity contribution in [2.75, 3.05) is 24.3 Å². The summed E-state index contributed by atoms with van der Waals surface area (Å²) in [5.41, 5.74) is 2.90. The maximum atomic E-state index is 11.9. The molecule has 0 aliphatic heterocycles. The van der Waals surface area contributed by atoms with Crippen molar-refractivity contribution in [1.82, 2.24) is 4.90 Å². The van der Waals surface area contributed by atoms with Gasteiger partial charge >= 0.3 is 0 Å². The molecule has 1 aromatic rings. The van der Waals surface area contributed by atoms with Crippen LogP contribution in [0.5, 0.6) is 0 Å². The van der Waals surface area contributed by atoms with Gasteiger partial charge in [0.05, 0.1) is 0 Å². The first-order chi connectivity index (χ1) is 10.8. The lowest BCUT2D eigenvalue weighted by atomic mass is 10.1. The van der Waals surface area contributed by atoms with Gasteiger partial charge in [0, 0.05) is 50.9 Å². The summed E-state index contributed by atoms with van der Waals surface area (Å²) in [4.78, 5) is 27.8. The molecular formula is C18H27N3O2. The van der Waals surface area contributed by atoms with Crippen LogP contribution in [0.4, 0.5) is 11.4 Å². The molecule has 0 spiro atoms. The van der Waals surface area contributed by atoms with Gasteiger partial charge < -0.3 is 15.1 Å². The number of anilines is 2. The summed E-state index contributed by atoms with van der Waals surface area (Å²) in [7, 11) is 3.97. The van der Waals surface area contributed by atoms with Crippen molar-refractivity contribution in [3.8, 4) is 0 Å². The number of carbonyl (C=O) groups excluding carboxylic acids is 2. The second-order valence-electron chi connectivity index (χ2n) is 6.76. The van der Waals surface area contributed by atoms with Gasteiger partial charge in [0.25, 0.3) is 0 Å². The minimum absolute atomic E-state index is 0.000769. The van der Waals surface area contributed by atoms with E-state index in [0.29, 0.717) is 12.6 Å². The molecule has 1 N–H and O–H groups in total. The number of nitrogens with one attached hydrogen (secondary N) is 1. The molecule has 1 aliphatic rings. The second kappa shape index (κ2) is 7.02. The zero-order chi connectivity index (χ0) is 17.1. The molecule has 5 heteroatoms. The molecule has 5 nitrogen and oxygen atoms in total. The van der Waals surface area contributed by atoms with E-state index < -0.39 is 0 Å². The highest BCUT2D eigenvalue weighted by Crippen LogP contribution is 2.31. The van der Waals surface area contributed by atoms with Gasteiger partial charge in [-0.15, -0.1) is 0 Å². The third-order valence-corrected chi connectivity index (χ3v) is 4.09. The smallest absolute Gasteiger partial charge is 0.226 e. The summed E-state index contributed by atoms with van der Waals surface area (Å²) in [6.07, 6.45) is 2.17. The van der Waals surface area contributed by atoms with Crippen LogP contribution < -0.4 is 10.2 Å². The number of nitrogens with zero attached hydrogens (tertiary/aromatic N) is 2. The highest BCUT2D eigenvalue weighted by Gasteiger charge is 2.31. The van der Waals surface area contributed by atoms with E-state index in [4.69, 9.17) is 0 Å². The Balaban J connectivity index is 2.26. The first kappa shape index (κ1) is 17.3. The van der Waals surface area contributed by atoms with E-state index >= 15 is 0 Å². The molecule has 0 heterocycles. The molecule has 1 aromatic carbocycles. The summed E-state index contributed by atoms with van der Waals surface area (Å²) in [5.74, 6) is 0.0418. The minimum Gasteiger partial charge on any atom is -0.377 e. The van der Waals surface area contributed by atoms with E-state index in [1.54, 1.807) is 6.92 Å². The predicted octanol–water partition coefficient (Wildman–Crippen LogP) is 2.86. The number of rotatable bonds is 6. The minimum atomic E-state index is -0.0628. The Morgan fingerprint density at radius 1 is 1.26 bits per heavy atom. The van der Waals surface area contributed by atoms with Crippen molar-refractivity contribution < 1.29 is 9.59 Å². The first-order valence-electron chi connectivity index (χ1n) is 8.18. The van der Waals surface area contributed by atoms with Crippen molar-refractivity contribution >= 4 is 23.2 Å². The van der Waals surface area contributed by atoms with Gasteiger partial charge in [-0.1, -0.05) is 13.8 Å². The Morgan fingerprint density at radius 2 is 1.91 bits per heavy atom. The van der Waals surface area contributed by atoms with Crippen LogP contribution >= 0.6 is 0 Å². The molecule has 2 rings (SSSR count). The van der Waals surface area contributed by atoms with Crippen LogP contribution in [0.3, 0.4) is 0 Å². The Morgan fingerprint density at radius 3 is 2.39 bits per heavy atom. The Labute approximate surface area is 138 Å². The Kier molecular flexibility index (Phi) is 5.29. The van der Waals surface area contributed by atoms with E-state index in [1.165, 1.54) is 0 Å². The molecule has 0 unspecified atom stereocenters. The zero-order valence-electron chi connectivity index (χ0n) is 14.7. The second-order valence-corrected chi connectivity index (χ2v) is 6.76. The Bertz CT molecular complexity index is 592. The molecule has 0 bridgehead atoms. The fraction of sp³-hybridized carbons (Fsp3) is 0.556. The van der Waals surface area contributed by atoms with E-state index in [-0.39, 0.29) is 17.7 Å². The topological polar surface area (TPSA) is 52.7 Å². The van der Waals surface area contributed by atoms with Gasteiger partial charge in [-0.3, -0.25) is 9.59 Å². The molecule has 1 aliphatic carbocycles. The van der Waals surface area contributed by atoms with Gasteiger partial charge in [-0.05, 0) is 36.6 Å². The van der Waals surface area contributed by atoms with Crippen molar-refractivity contribution in [3.63, 3.8) is 0 Å². The quantitative estimate of drug-likeness (QED) is 0.878. The summed E-state index contributed by atoms with van der Waals surface area (Å²) in [6, 6.07) is 6.26. The van der Waals surface area contributed by atoms with E-state index in [9.17, 15) is 9.59 Å². The molecule has 0 atom stereocenters. The number of hydrogen-bond donors (Lipinski definition) is 1. The van der Waals surface area contributed by atoms with E-state index in [0.717, 1.165) is 29.8 Å². The van der Waals surface area contributed by atoms with Crippen LogP contribution in [0, 0.1) is 5.92 Å². The summed E-state index contributed by atoms with van der Waals surface area (Å²) in [6.45, 7) is 5.95.